The smallest absolute Gasteiger partial charge is 0.330 e. The number of aromatic amines is 1. The Morgan fingerprint density at radius 3 is 2.67 bits per heavy atom. The summed E-state index contributed by atoms with van der Waals surface area (Å²) in [7, 11) is 0. The van der Waals surface area contributed by atoms with Crippen molar-refractivity contribution in [1.82, 2.24) is 19.3 Å². The molecule has 1 aromatic carbocycles. The van der Waals surface area contributed by atoms with Crippen LogP contribution in [0.15, 0.2) is 58.4 Å². The standard InChI is InChI=1S/C16H18N6O2/c17-14-13(18-8-10-21-9-4-7-19-21)15(23)20-16(24)22(14)11-12-5-2-1-3-6-12/h1-7,9,18H,8,10-11,17H2,(H,20,23,24). The number of nitrogens with two attached hydrogens (primary N) is 1. The van der Waals surface area contributed by atoms with E-state index in [0.717, 1.165) is 5.56 Å². The monoisotopic (exact) mass is 326 g/mol. The molecular weight excluding hydrogens is 308 g/mol. The van der Waals surface area contributed by atoms with Gasteiger partial charge in [-0.15, -0.1) is 0 Å². The minimum Gasteiger partial charge on any atom is -0.383 e. The Kier molecular flexibility index (Phi) is 4.46. The molecule has 4 N–H and O–H groups in total. The maximum Gasteiger partial charge on any atom is 0.330 e. The number of benzene rings is 1. The van der Waals surface area contributed by atoms with Crippen molar-refractivity contribution >= 4 is 11.5 Å². The van der Waals surface area contributed by atoms with E-state index in [0.29, 0.717) is 13.1 Å². The molecule has 0 radical (unpaired) electrons. The topological polar surface area (TPSA) is 111 Å². The second kappa shape index (κ2) is 6.86. The minimum absolute atomic E-state index is 0.119. The summed E-state index contributed by atoms with van der Waals surface area (Å²) in [4.78, 5) is 26.4. The van der Waals surface area contributed by atoms with Crippen molar-refractivity contribution in [3.8, 4) is 0 Å². The number of aromatic nitrogens is 4. The number of nitrogens with one attached hydrogen (secondary N) is 2. The summed E-state index contributed by atoms with van der Waals surface area (Å²) < 4.78 is 3.07. The molecule has 0 saturated heterocycles. The van der Waals surface area contributed by atoms with E-state index in [1.165, 1.54) is 4.57 Å². The zero-order chi connectivity index (χ0) is 16.9. The van der Waals surface area contributed by atoms with Gasteiger partial charge in [-0.05, 0) is 11.6 Å². The molecule has 8 nitrogen and oxygen atoms in total. The molecule has 24 heavy (non-hydrogen) atoms. The summed E-state index contributed by atoms with van der Waals surface area (Å²) in [5.41, 5.74) is 6.11. The van der Waals surface area contributed by atoms with E-state index < -0.39 is 11.2 Å². The maximum atomic E-state index is 12.1. The third-order valence-electron chi connectivity index (χ3n) is 3.62. The fraction of sp³-hybridized carbons (Fsp3) is 0.188. The SMILES string of the molecule is Nc1c(NCCn2cccn2)c(=O)[nH]c(=O)n1Cc1ccccc1. The highest BCUT2D eigenvalue weighted by atomic mass is 16.2. The molecule has 2 heterocycles. The van der Waals surface area contributed by atoms with Gasteiger partial charge in [0, 0.05) is 18.9 Å². The molecule has 2 aromatic heterocycles. The third-order valence-corrected chi connectivity index (χ3v) is 3.62. The first-order valence-electron chi connectivity index (χ1n) is 7.53. The predicted octanol–water partition coefficient (Wildman–Crippen LogP) is 0.476. The first kappa shape index (κ1) is 15.6. The van der Waals surface area contributed by atoms with Gasteiger partial charge in [-0.3, -0.25) is 19.0 Å². The zero-order valence-corrected chi connectivity index (χ0v) is 13.0. The number of hydrogen-bond donors (Lipinski definition) is 3. The van der Waals surface area contributed by atoms with Crippen LogP contribution in [0.1, 0.15) is 5.56 Å². The van der Waals surface area contributed by atoms with Gasteiger partial charge < -0.3 is 11.1 Å². The van der Waals surface area contributed by atoms with Crippen LogP contribution in [0, 0.1) is 0 Å². The normalized spacial score (nSPS) is 10.7. The fourth-order valence-electron chi connectivity index (χ4n) is 2.41. The number of anilines is 2. The van der Waals surface area contributed by atoms with Crippen LogP contribution < -0.4 is 22.3 Å². The van der Waals surface area contributed by atoms with Gasteiger partial charge in [0.2, 0.25) is 0 Å². The Hall–Kier alpha value is -3.29. The van der Waals surface area contributed by atoms with E-state index in [9.17, 15) is 9.59 Å². The van der Waals surface area contributed by atoms with Crippen LogP contribution in [-0.2, 0) is 13.1 Å². The summed E-state index contributed by atoms with van der Waals surface area (Å²) in [5, 5.41) is 7.07. The quantitative estimate of drug-likeness (QED) is 0.610. The van der Waals surface area contributed by atoms with Crippen LogP contribution in [-0.4, -0.2) is 25.9 Å². The van der Waals surface area contributed by atoms with E-state index in [1.54, 1.807) is 10.9 Å². The second-order valence-corrected chi connectivity index (χ2v) is 5.29. The maximum absolute atomic E-state index is 12.1. The highest BCUT2D eigenvalue weighted by molar-refractivity contribution is 5.60. The van der Waals surface area contributed by atoms with Crippen LogP contribution in [0.2, 0.25) is 0 Å². The summed E-state index contributed by atoms with van der Waals surface area (Å²) in [5.74, 6) is 0.119. The van der Waals surface area contributed by atoms with Gasteiger partial charge in [0.1, 0.15) is 11.5 Å². The van der Waals surface area contributed by atoms with E-state index in [-0.39, 0.29) is 18.1 Å². The lowest BCUT2D eigenvalue weighted by atomic mass is 10.2. The largest absolute Gasteiger partial charge is 0.383 e. The van der Waals surface area contributed by atoms with Gasteiger partial charge >= 0.3 is 5.69 Å². The Morgan fingerprint density at radius 2 is 1.96 bits per heavy atom. The van der Waals surface area contributed by atoms with Crippen molar-refractivity contribution < 1.29 is 0 Å². The average molecular weight is 326 g/mol. The second-order valence-electron chi connectivity index (χ2n) is 5.29. The Morgan fingerprint density at radius 1 is 1.17 bits per heavy atom. The molecule has 0 aliphatic carbocycles. The predicted molar refractivity (Wildman–Crippen MR) is 92.0 cm³/mol. The molecule has 0 atom stereocenters. The fourth-order valence-corrected chi connectivity index (χ4v) is 2.41. The molecule has 0 bridgehead atoms. The Labute approximate surface area is 137 Å². The Balaban J connectivity index is 1.82. The molecule has 3 rings (SSSR count). The molecule has 3 aromatic rings. The van der Waals surface area contributed by atoms with E-state index in [2.05, 4.69) is 15.4 Å². The van der Waals surface area contributed by atoms with Gasteiger partial charge in [0.15, 0.2) is 0 Å². The van der Waals surface area contributed by atoms with Gasteiger partial charge in [-0.2, -0.15) is 5.10 Å². The van der Waals surface area contributed by atoms with Crippen LogP contribution in [0.3, 0.4) is 0 Å². The van der Waals surface area contributed by atoms with Crippen LogP contribution in [0.5, 0.6) is 0 Å². The van der Waals surface area contributed by atoms with Gasteiger partial charge in [-0.1, -0.05) is 30.3 Å². The lowest BCUT2D eigenvalue weighted by Crippen LogP contribution is -2.34. The molecule has 0 fully saturated rings. The van der Waals surface area contributed by atoms with E-state index in [4.69, 9.17) is 5.73 Å². The van der Waals surface area contributed by atoms with Crippen LogP contribution in [0.4, 0.5) is 11.5 Å². The molecular formula is C16H18N6O2. The molecule has 0 spiro atoms. The van der Waals surface area contributed by atoms with Crippen molar-refractivity contribution in [2.75, 3.05) is 17.6 Å². The van der Waals surface area contributed by atoms with Gasteiger partial charge in [-0.25, -0.2) is 4.79 Å². The average Bonchev–Trinajstić information content (AvgIpc) is 3.09. The van der Waals surface area contributed by atoms with Crippen molar-refractivity contribution in [3.63, 3.8) is 0 Å². The molecule has 0 aliphatic rings. The minimum atomic E-state index is -0.529. The highest BCUT2D eigenvalue weighted by Gasteiger charge is 2.12. The van der Waals surface area contributed by atoms with Crippen LogP contribution in [0.25, 0.3) is 0 Å². The van der Waals surface area contributed by atoms with Crippen molar-refractivity contribution in [3.05, 3.63) is 75.2 Å². The number of rotatable bonds is 6. The zero-order valence-electron chi connectivity index (χ0n) is 13.0. The first-order chi connectivity index (χ1) is 11.6. The first-order valence-corrected chi connectivity index (χ1v) is 7.53. The summed E-state index contributed by atoms with van der Waals surface area (Å²) in [6.45, 7) is 1.32. The lowest BCUT2D eigenvalue weighted by Gasteiger charge is -2.14. The summed E-state index contributed by atoms with van der Waals surface area (Å²) in [6.07, 6.45) is 3.51. The molecule has 0 saturated carbocycles. The molecule has 0 aliphatic heterocycles. The molecule has 0 unspecified atom stereocenters. The lowest BCUT2D eigenvalue weighted by molar-refractivity contribution is 0.636. The van der Waals surface area contributed by atoms with E-state index >= 15 is 0 Å². The summed E-state index contributed by atoms with van der Waals surface area (Å²) in [6, 6.07) is 11.3. The molecule has 8 heteroatoms. The molecule has 0 amide bonds. The number of hydrogen-bond acceptors (Lipinski definition) is 5. The number of nitrogen functional groups attached to an aromatic ring is 1. The number of H-pyrrole nitrogens is 1. The third kappa shape index (κ3) is 3.37. The highest BCUT2D eigenvalue weighted by Crippen LogP contribution is 2.12. The van der Waals surface area contributed by atoms with E-state index in [1.807, 2.05) is 42.6 Å². The van der Waals surface area contributed by atoms with Crippen LogP contribution >= 0.6 is 0 Å². The van der Waals surface area contributed by atoms with Gasteiger partial charge in [0.05, 0.1) is 13.1 Å². The Bertz CT molecular complexity index is 912. The summed E-state index contributed by atoms with van der Waals surface area (Å²) >= 11 is 0. The van der Waals surface area contributed by atoms with Crippen molar-refractivity contribution in [2.24, 2.45) is 0 Å². The van der Waals surface area contributed by atoms with Crippen molar-refractivity contribution in [2.45, 2.75) is 13.1 Å². The number of nitrogens with zero attached hydrogens (tertiary/aromatic N) is 3. The molecule has 124 valence electrons. The van der Waals surface area contributed by atoms with Crippen molar-refractivity contribution in [1.29, 1.82) is 0 Å². The van der Waals surface area contributed by atoms with Gasteiger partial charge in [0.25, 0.3) is 5.56 Å².